The molecule has 2 rings (SSSR count). The lowest BCUT2D eigenvalue weighted by atomic mass is 10.0. The van der Waals surface area contributed by atoms with Crippen LogP contribution in [0.1, 0.15) is 37.7 Å². The molecule has 3 nitrogen and oxygen atoms in total. The van der Waals surface area contributed by atoms with Crippen molar-refractivity contribution in [1.29, 1.82) is 0 Å². The van der Waals surface area contributed by atoms with E-state index in [0.717, 1.165) is 32.4 Å². The van der Waals surface area contributed by atoms with E-state index in [1.165, 1.54) is 22.0 Å². The van der Waals surface area contributed by atoms with Crippen LogP contribution in [-0.4, -0.2) is 28.6 Å². The first-order valence-corrected chi connectivity index (χ1v) is 7.96. The third-order valence-electron chi connectivity index (χ3n) is 3.67. The molecule has 1 aromatic rings. The Kier molecular flexibility index (Phi) is 5.63. The number of carboxylic acids is 1. The number of nitrogens with zero attached hydrogens (tertiary/aromatic N) is 1. The zero-order chi connectivity index (χ0) is 13.7. The summed E-state index contributed by atoms with van der Waals surface area (Å²) >= 11 is 2.30. The number of hydrogen-bond acceptors (Lipinski definition) is 2. The van der Waals surface area contributed by atoms with Gasteiger partial charge in [-0.15, -0.1) is 0 Å². The Labute approximate surface area is 128 Å². The predicted octanol–water partition coefficient (Wildman–Crippen LogP) is 3.51. The highest BCUT2D eigenvalue weighted by atomic mass is 127. The maximum absolute atomic E-state index is 11.4. The molecule has 0 bridgehead atoms. The number of halogens is 1. The van der Waals surface area contributed by atoms with Gasteiger partial charge in [0.2, 0.25) is 0 Å². The third kappa shape index (κ3) is 4.45. The van der Waals surface area contributed by atoms with Crippen LogP contribution in [0.25, 0.3) is 0 Å². The van der Waals surface area contributed by atoms with Crippen LogP contribution < -0.4 is 0 Å². The van der Waals surface area contributed by atoms with Crippen molar-refractivity contribution in [3.63, 3.8) is 0 Å². The molecule has 1 aromatic carbocycles. The number of rotatable bonds is 3. The Hall–Kier alpha value is -0.620. The van der Waals surface area contributed by atoms with Crippen molar-refractivity contribution < 1.29 is 9.90 Å². The Morgan fingerprint density at radius 2 is 2.11 bits per heavy atom. The number of aliphatic carboxylic acids is 1. The lowest BCUT2D eigenvalue weighted by molar-refractivity contribution is -0.144. The quantitative estimate of drug-likeness (QED) is 0.825. The minimum absolute atomic E-state index is 0.321. The summed E-state index contributed by atoms with van der Waals surface area (Å²) in [6.07, 6.45) is 5.29. The van der Waals surface area contributed by atoms with E-state index in [-0.39, 0.29) is 6.04 Å². The summed E-state index contributed by atoms with van der Waals surface area (Å²) in [5.41, 5.74) is 1.21. The normalized spacial score (nSPS) is 21.6. The van der Waals surface area contributed by atoms with Crippen LogP contribution >= 0.6 is 22.6 Å². The maximum Gasteiger partial charge on any atom is 0.320 e. The molecule has 0 radical (unpaired) electrons. The molecule has 1 fully saturated rings. The molecule has 0 aliphatic carbocycles. The maximum atomic E-state index is 11.4. The van der Waals surface area contributed by atoms with Crippen molar-refractivity contribution in [3.05, 3.63) is 33.4 Å². The van der Waals surface area contributed by atoms with Crippen molar-refractivity contribution >= 4 is 28.6 Å². The van der Waals surface area contributed by atoms with Gasteiger partial charge in [0.1, 0.15) is 6.04 Å². The zero-order valence-corrected chi connectivity index (χ0v) is 13.2. The molecular formula is C15H20INO2. The van der Waals surface area contributed by atoms with Gasteiger partial charge in [0.25, 0.3) is 0 Å². The molecule has 1 N–H and O–H groups in total. The first-order valence-electron chi connectivity index (χ1n) is 6.88. The van der Waals surface area contributed by atoms with Crippen LogP contribution in [0.4, 0.5) is 0 Å². The van der Waals surface area contributed by atoms with Crippen LogP contribution in [0.3, 0.4) is 0 Å². The van der Waals surface area contributed by atoms with Gasteiger partial charge in [0, 0.05) is 10.1 Å². The second-order valence-electron chi connectivity index (χ2n) is 5.16. The number of carboxylic acid groups (broad SMARTS) is 1. The largest absolute Gasteiger partial charge is 0.480 e. The first kappa shape index (κ1) is 14.8. The molecule has 4 heteroatoms. The number of benzene rings is 1. The molecule has 19 heavy (non-hydrogen) atoms. The van der Waals surface area contributed by atoms with Crippen molar-refractivity contribution in [3.8, 4) is 0 Å². The van der Waals surface area contributed by atoms with Gasteiger partial charge in [-0.2, -0.15) is 0 Å². The van der Waals surface area contributed by atoms with Crippen molar-refractivity contribution in [2.75, 3.05) is 6.54 Å². The van der Waals surface area contributed by atoms with Gasteiger partial charge in [0.15, 0.2) is 0 Å². The average molecular weight is 373 g/mol. The minimum Gasteiger partial charge on any atom is -0.480 e. The van der Waals surface area contributed by atoms with E-state index in [1.54, 1.807) is 0 Å². The summed E-state index contributed by atoms with van der Waals surface area (Å²) < 4.78 is 1.20. The van der Waals surface area contributed by atoms with Crippen LogP contribution in [0.15, 0.2) is 24.3 Å². The van der Waals surface area contributed by atoms with Crippen LogP contribution in [0, 0.1) is 3.57 Å². The average Bonchev–Trinajstić information content (AvgIpc) is 2.32. The number of hydrogen-bond donors (Lipinski definition) is 1. The molecule has 0 aromatic heterocycles. The van der Waals surface area contributed by atoms with Gasteiger partial charge in [-0.3, -0.25) is 9.69 Å². The Morgan fingerprint density at radius 1 is 1.32 bits per heavy atom. The van der Waals surface area contributed by atoms with E-state index in [2.05, 4.69) is 45.7 Å². The van der Waals surface area contributed by atoms with Crippen LogP contribution in [0.5, 0.6) is 0 Å². The van der Waals surface area contributed by atoms with Crippen LogP contribution in [0.2, 0.25) is 0 Å². The van der Waals surface area contributed by atoms with E-state index < -0.39 is 5.97 Å². The highest BCUT2D eigenvalue weighted by Crippen LogP contribution is 2.20. The second kappa shape index (κ2) is 7.24. The first-order chi connectivity index (χ1) is 9.16. The van der Waals surface area contributed by atoms with Gasteiger partial charge in [-0.25, -0.2) is 0 Å². The fourth-order valence-corrected chi connectivity index (χ4v) is 3.29. The monoisotopic (exact) mass is 373 g/mol. The van der Waals surface area contributed by atoms with E-state index in [1.807, 2.05) is 6.07 Å². The van der Waals surface area contributed by atoms with Gasteiger partial charge < -0.3 is 5.11 Å². The van der Waals surface area contributed by atoms with Gasteiger partial charge in [-0.05, 0) is 59.7 Å². The van der Waals surface area contributed by atoms with Crippen molar-refractivity contribution in [2.24, 2.45) is 0 Å². The van der Waals surface area contributed by atoms with E-state index >= 15 is 0 Å². The molecule has 1 atom stereocenters. The second-order valence-corrected chi connectivity index (χ2v) is 6.40. The topological polar surface area (TPSA) is 40.5 Å². The molecule has 1 heterocycles. The standard InChI is InChI=1S/C15H20INO2/c16-13-7-5-6-12(10-13)11-17-9-4-2-1-3-8-14(17)15(18)19/h5-7,10,14H,1-4,8-9,11H2,(H,18,19). The number of likely N-dealkylation sites (tertiary alicyclic amines) is 1. The summed E-state index contributed by atoms with van der Waals surface area (Å²) in [6.45, 7) is 1.64. The van der Waals surface area contributed by atoms with Crippen molar-refractivity contribution in [2.45, 2.75) is 44.7 Å². The summed E-state index contributed by atoms with van der Waals surface area (Å²) in [6, 6.07) is 8.00. The van der Waals surface area contributed by atoms with Gasteiger partial charge in [0.05, 0.1) is 0 Å². The SMILES string of the molecule is O=C(O)C1CCCCCCN1Cc1cccc(I)c1. The molecule has 1 aliphatic rings. The van der Waals surface area contributed by atoms with E-state index in [4.69, 9.17) is 0 Å². The zero-order valence-electron chi connectivity index (χ0n) is 11.0. The lowest BCUT2D eigenvalue weighted by Crippen LogP contribution is -2.42. The van der Waals surface area contributed by atoms with Gasteiger partial charge >= 0.3 is 5.97 Å². The predicted molar refractivity (Wildman–Crippen MR) is 84.1 cm³/mol. The molecule has 0 saturated carbocycles. The third-order valence-corrected chi connectivity index (χ3v) is 4.34. The molecule has 1 saturated heterocycles. The van der Waals surface area contributed by atoms with Crippen LogP contribution in [-0.2, 0) is 11.3 Å². The molecule has 1 unspecified atom stereocenters. The summed E-state index contributed by atoms with van der Waals surface area (Å²) in [5.74, 6) is -0.674. The highest BCUT2D eigenvalue weighted by molar-refractivity contribution is 14.1. The fourth-order valence-electron chi connectivity index (χ4n) is 2.68. The Balaban J connectivity index is 2.10. The smallest absolute Gasteiger partial charge is 0.320 e. The Morgan fingerprint density at radius 3 is 2.84 bits per heavy atom. The fraction of sp³-hybridized carbons (Fsp3) is 0.533. The molecule has 1 aliphatic heterocycles. The lowest BCUT2D eigenvalue weighted by Gasteiger charge is -2.30. The molecule has 104 valence electrons. The van der Waals surface area contributed by atoms with Gasteiger partial charge in [-0.1, -0.05) is 31.4 Å². The summed E-state index contributed by atoms with van der Waals surface area (Å²) in [7, 11) is 0. The highest BCUT2D eigenvalue weighted by Gasteiger charge is 2.26. The molecule has 0 amide bonds. The Bertz CT molecular complexity index is 436. The summed E-state index contributed by atoms with van der Waals surface area (Å²) in [5, 5.41) is 9.41. The summed E-state index contributed by atoms with van der Waals surface area (Å²) in [4.78, 5) is 13.6. The van der Waals surface area contributed by atoms with E-state index in [0.29, 0.717) is 0 Å². The molecular weight excluding hydrogens is 353 g/mol. The number of carbonyl (C=O) groups is 1. The molecule has 0 spiro atoms. The minimum atomic E-state index is -0.674. The van der Waals surface area contributed by atoms with E-state index in [9.17, 15) is 9.90 Å². The van der Waals surface area contributed by atoms with Crippen molar-refractivity contribution in [1.82, 2.24) is 4.90 Å².